The fraction of sp³-hybridized carbons (Fsp3) is 0.297. The van der Waals surface area contributed by atoms with Gasteiger partial charge in [0.15, 0.2) is 5.82 Å². The molecule has 0 bridgehead atoms. The molecule has 0 fully saturated rings. The number of aromatic carboxylic acids is 1. The van der Waals surface area contributed by atoms with Crippen LogP contribution >= 0.6 is 11.6 Å². The SMILES string of the molecule is NC(CCC(=O)N1CC=C(c2cccc3c2CCN(C(=O)C2CC(c4cccc(Cl)c4F)=NO2)[C@@H]3C(=O)Nc2ccc(C(=O)O)cc2)CC1)C(=O)O. The lowest BCUT2D eigenvalue weighted by molar-refractivity contribution is -0.148. The van der Waals surface area contributed by atoms with E-state index in [2.05, 4.69) is 10.5 Å². The van der Waals surface area contributed by atoms with Gasteiger partial charge in [0.25, 0.3) is 11.8 Å². The Morgan fingerprint density at radius 1 is 1.00 bits per heavy atom. The first-order valence-electron chi connectivity index (χ1n) is 16.6. The highest BCUT2D eigenvalue weighted by Crippen LogP contribution is 2.38. The van der Waals surface area contributed by atoms with Gasteiger partial charge in [0, 0.05) is 43.7 Å². The van der Waals surface area contributed by atoms with Gasteiger partial charge in [0.2, 0.25) is 12.0 Å². The van der Waals surface area contributed by atoms with Crippen molar-refractivity contribution in [2.45, 2.75) is 50.3 Å². The number of nitrogens with one attached hydrogen (secondary N) is 1. The molecule has 0 spiro atoms. The number of fused-ring (bicyclic) bond motifs is 1. The summed E-state index contributed by atoms with van der Waals surface area (Å²) in [6, 6.07) is 13.4. The number of aliphatic carboxylic acids is 1. The van der Waals surface area contributed by atoms with Crippen LogP contribution in [-0.4, -0.2) is 87.2 Å². The number of carboxylic acid groups (broad SMARTS) is 2. The smallest absolute Gasteiger partial charge is 0.335 e. The van der Waals surface area contributed by atoms with Crippen LogP contribution in [0.4, 0.5) is 10.1 Å². The van der Waals surface area contributed by atoms with Crippen molar-refractivity contribution >= 4 is 58.2 Å². The highest BCUT2D eigenvalue weighted by atomic mass is 35.5. The largest absolute Gasteiger partial charge is 0.480 e. The molecule has 270 valence electrons. The van der Waals surface area contributed by atoms with Crippen molar-refractivity contribution in [3.8, 4) is 0 Å². The number of halogens is 2. The van der Waals surface area contributed by atoms with Gasteiger partial charge in [-0.05, 0) is 77.9 Å². The predicted octanol–water partition coefficient (Wildman–Crippen LogP) is 4.24. The zero-order valence-electron chi connectivity index (χ0n) is 27.8. The van der Waals surface area contributed by atoms with Gasteiger partial charge in [-0.15, -0.1) is 0 Å². The van der Waals surface area contributed by atoms with Gasteiger partial charge in [0.1, 0.15) is 12.1 Å². The first-order chi connectivity index (χ1) is 24.9. The maximum atomic E-state index is 14.8. The Labute approximate surface area is 302 Å². The first-order valence-corrected chi connectivity index (χ1v) is 17.0. The molecule has 2 unspecified atom stereocenters. The van der Waals surface area contributed by atoms with E-state index in [0.717, 1.165) is 16.7 Å². The number of amides is 3. The van der Waals surface area contributed by atoms with Crippen LogP contribution < -0.4 is 11.1 Å². The second kappa shape index (κ2) is 15.3. The molecule has 52 heavy (non-hydrogen) atoms. The summed E-state index contributed by atoms with van der Waals surface area (Å²) in [6.07, 6.45) is 1.72. The summed E-state index contributed by atoms with van der Waals surface area (Å²) in [5.74, 6) is -4.21. The van der Waals surface area contributed by atoms with Crippen molar-refractivity contribution in [3.63, 3.8) is 0 Å². The molecule has 3 aromatic rings. The highest BCUT2D eigenvalue weighted by molar-refractivity contribution is 6.31. The molecule has 15 heteroatoms. The monoisotopic (exact) mass is 731 g/mol. The van der Waals surface area contributed by atoms with E-state index in [1.54, 1.807) is 23.1 Å². The van der Waals surface area contributed by atoms with E-state index in [1.165, 1.54) is 41.3 Å². The number of carbonyl (C=O) groups excluding carboxylic acids is 3. The lowest BCUT2D eigenvalue weighted by atomic mass is 9.84. The Balaban J connectivity index is 1.26. The molecule has 3 heterocycles. The molecular weight excluding hydrogens is 697 g/mol. The van der Waals surface area contributed by atoms with Crippen LogP contribution in [0.1, 0.15) is 64.3 Å². The minimum absolute atomic E-state index is 0.0162. The summed E-state index contributed by atoms with van der Waals surface area (Å²) in [4.78, 5) is 72.0. The van der Waals surface area contributed by atoms with E-state index in [-0.39, 0.29) is 53.6 Å². The molecular formula is C37H35ClFN5O8. The molecule has 13 nitrogen and oxygen atoms in total. The zero-order valence-corrected chi connectivity index (χ0v) is 28.5. The number of hydrogen-bond acceptors (Lipinski definition) is 8. The minimum Gasteiger partial charge on any atom is -0.480 e. The summed E-state index contributed by atoms with van der Waals surface area (Å²) in [5, 5.41) is 25.0. The standard InChI is InChI=1S/C37H35ClFN5O8/c38-27-6-2-5-26(32(27)39)29-19-30(52-42-29)35(47)44-18-15-24-23(20-13-16-43(17-14-20)31(45)12-11-28(40)37(50)51)3-1-4-25(24)33(44)34(46)41-22-9-7-21(8-10-22)36(48)49/h1-10,13,28,30,33H,11-12,14-19,40H2,(H,41,46)(H,48,49)(H,50,51)/t28?,30?,33-/m0/s1. The van der Waals surface area contributed by atoms with Crippen LogP contribution in [0.2, 0.25) is 5.02 Å². The number of oxime groups is 1. The van der Waals surface area contributed by atoms with Gasteiger partial charge in [-0.1, -0.05) is 47.1 Å². The Bertz CT molecular complexity index is 2000. The average Bonchev–Trinajstić information content (AvgIpc) is 3.64. The summed E-state index contributed by atoms with van der Waals surface area (Å²) in [7, 11) is 0. The van der Waals surface area contributed by atoms with Crippen molar-refractivity contribution < 1.29 is 43.4 Å². The highest BCUT2D eigenvalue weighted by Gasteiger charge is 2.42. The van der Waals surface area contributed by atoms with Gasteiger partial charge >= 0.3 is 11.9 Å². The quantitative estimate of drug-likeness (QED) is 0.236. The first kappa shape index (κ1) is 36.2. The van der Waals surface area contributed by atoms with E-state index in [9.17, 15) is 33.5 Å². The van der Waals surface area contributed by atoms with E-state index in [1.807, 2.05) is 12.1 Å². The molecule has 3 aliphatic rings. The molecule has 0 aromatic heterocycles. The number of carbonyl (C=O) groups is 5. The van der Waals surface area contributed by atoms with Crippen LogP contribution in [0.3, 0.4) is 0 Å². The molecule has 3 amide bonds. The van der Waals surface area contributed by atoms with Gasteiger partial charge in [-0.25, -0.2) is 9.18 Å². The Hall–Kier alpha value is -5.60. The minimum atomic E-state index is -1.16. The molecule has 0 aliphatic carbocycles. The van der Waals surface area contributed by atoms with E-state index < -0.39 is 47.8 Å². The Morgan fingerprint density at radius 3 is 2.42 bits per heavy atom. The van der Waals surface area contributed by atoms with Gasteiger partial charge in [0.05, 0.1) is 16.3 Å². The van der Waals surface area contributed by atoms with Crippen LogP contribution in [0.15, 0.2) is 71.9 Å². The summed E-state index contributed by atoms with van der Waals surface area (Å²) >= 11 is 5.96. The maximum Gasteiger partial charge on any atom is 0.335 e. The molecule has 3 atom stereocenters. The van der Waals surface area contributed by atoms with Crippen molar-refractivity contribution in [2.24, 2.45) is 10.9 Å². The van der Waals surface area contributed by atoms with Crippen LogP contribution in [-0.2, 0) is 30.4 Å². The molecule has 5 N–H and O–H groups in total. The zero-order chi connectivity index (χ0) is 37.1. The summed E-state index contributed by atoms with van der Waals surface area (Å²) in [5.41, 5.74) is 9.54. The Morgan fingerprint density at radius 2 is 1.73 bits per heavy atom. The number of rotatable bonds is 10. The second-order valence-electron chi connectivity index (χ2n) is 12.7. The summed E-state index contributed by atoms with van der Waals surface area (Å²) < 4.78 is 14.8. The topological polar surface area (TPSA) is 192 Å². The van der Waals surface area contributed by atoms with Crippen LogP contribution in [0.5, 0.6) is 0 Å². The molecule has 3 aliphatic heterocycles. The molecule has 3 aromatic carbocycles. The normalized spacial score (nSPS) is 18.8. The van der Waals surface area contributed by atoms with E-state index >= 15 is 0 Å². The third-order valence-electron chi connectivity index (χ3n) is 9.45. The lowest BCUT2D eigenvalue weighted by Crippen LogP contribution is -2.49. The summed E-state index contributed by atoms with van der Waals surface area (Å²) in [6.45, 7) is 0.864. The third-order valence-corrected chi connectivity index (χ3v) is 9.74. The van der Waals surface area contributed by atoms with Gasteiger partial charge in [-0.2, -0.15) is 0 Å². The van der Waals surface area contributed by atoms with Crippen LogP contribution in [0, 0.1) is 5.82 Å². The number of hydrogen-bond donors (Lipinski definition) is 4. The van der Waals surface area contributed by atoms with Gasteiger partial charge < -0.3 is 35.9 Å². The maximum absolute atomic E-state index is 14.8. The fourth-order valence-electron chi connectivity index (χ4n) is 6.68. The van der Waals surface area contributed by atoms with Gasteiger partial charge in [-0.3, -0.25) is 19.2 Å². The fourth-order valence-corrected chi connectivity index (χ4v) is 6.85. The van der Waals surface area contributed by atoms with Crippen molar-refractivity contribution in [1.82, 2.24) is 9.80 Å². The van der Waals surface area contributed by atoms with Crippen molar-refractivity contribution in [3.05, 3.63) is 105 Å². The third kappa shape index (κ3) is 7.53. The predicted molar refractivity (Wildman–Crippen MR) is 188 cm³/mol. The second-order valence-corrected chi connectivity index (χ2v) is 13.1. The van der Waals surface area contributed by atoms with Crippen LogP contribution in [0.25, 0.3) is 5.57 Å². The molecule has 0 saturated carbocycles. The molecule has 6 rings (SSSR count). The average molecular weight is 732 g/mol. The number of anilines is 1. The number of nitrogens with zero attached hydrogens (tertiary/aromatic N) is 3. The van der Waals surface area contributed by atoms with E-state index in [4.69, 9.17) is 27.3 Å². The Kier molecular flexibility index (Phi) is 10.7. The van der Waals surface area contributed by atoms with Crippen molar-refractivity contribution in [2.75, 3.05) is 25.0 Å². The molecule has 0 saturated heterocycles. The molecule has 0 radical (unpaired) electrons. The number of nitrogens with two attached hydrogens (primary N) is 1. The lowest BCUT2D eigenvalue weighted by Gasteiger charge is -2.38. The number of benzene rings is 3. The van der Waals surface area contributed by atoms with E-state index in [0.29, 0.717) is 37.2 Å². The van der Waals surface area contributed by atoms with Crippen molar-refractivity contribution in [1.29, 1.82) is 0 Å². The number of carboxylic acids is 2.